The number of carbonyl (C=O) groups excluding carboxylic acids is 1. The van der Waals surface area contributed by atoms with Crippen molar-refractivity contribution in [2.24, 2.45) is 0 Å². The summed E-state index contributed by atoms with van der Waals surface area (Å²) in [5.41, 5.74) is 1.01. The number of benzene rings is 2. The Kier molecular flexibility index (Phi) is 5.74. The van der Waals surface area contributed by atoms with Gasteiger partial charge >= 0.3 is 5.63 Å². The lowest BCUT2D eigenvalue weighted by atomic mass is 10.1. The normalized spacial score (nSPS) is 15.6. The molecule has 1 aliphatic rings. The highest BCUT2D eigenvalue weighted by atomic mass is 16.4. The molecular formula is C23H24N2O4. The summed E-state index contributed by atoms with van der Waals surface area (Å²) in [7, 11) is 0. The van der Waals surface area contributed by atoms with E-state index in [1.807, 2.05) is 6.07 Å². The third-order valence-electron chi connectivity index (χ3n) is 5.39. The Morgan fingerprint density at radius 2 is 1.69 bits per heavy atom. The molecule has 4 rings (SSSR count). The number of Topliss-reactive ketones (excluding diaryl/α,β-unsaturated/α-hetero) is 1. The standard InChI is InChI=1S/C23H24N2O4/c26-19-7-6-18-14-20(23(28)29-22(18)15-19)21(27)8-9-24-10-12-25(13-11-24)16-17-4-2-1-3-5-17/h1-7,14-15,26H,8-13,16H2. The second kappa shape index (κ2) is 8.59. The van der Waals surface area contributed by atoms with Crippen LogP contribution >= 0.6 is 0 Å². The van der Waals surface area contributed by atoms with Crippen LogP contribution in [0.15, 0.2) is 63.8 Å². The smallest absolute Gasteiger partial charge is 0.347 e. The van der Waals surface area contributed by atoms with Gasteiger partial charge < -0.3 is 14.4 Å². The van der Waals surface area contributed by atoms with Crippen LogP contribution in [0.1, 0.15) is 22.3 Å². The summed E-state index contributed by atoms with van der Waals surface area (Å²) in [6.07, 6.45) is 0.285. The summed E-state index contributed by atoms with van der Waals surface area (Å²) in [6, 6.07) is 16.5. The molecule has 0 aliphatic carbocycles. The number of hydrogen-bond donors (Lipinski definition) is 1. The average Bonchev–Trinajstić information content (AvgIpc) is 2.73. The Hall–Kier alpha value is -2.96. The first-order chi connectivity index (χ1) is 14.1. The maximum Gasteiger partial charge on any atom is 0.347 e. The van der Waals surface area contributed by atoms with Crippen molar-refractivity contribution >= 4 is 16.8 Å². The number of nitrogens with zero attached hydrogens (tertiary/aromatic N) is 2. The molecular weight excluding hydrogens is 368 g/mol. The highest BCUT2D eigenvalue weighted by Gasteiger charge is 2.19. The van der Waals surface area contributed by atoms with Gasteiger partial charge in [-0.1, -0.05) is 30.3 Å². The summed E-state index contributed by atoms with van der Waals surface area (Å²) in [5, 5.41) is 10.1. The first-order valence-corrected chi connectivity index (χ1v) is 9.87. The van der Waals surface area contributed by atoms with Crippen LogP contribution in [0.2, 0.25) is 0 Å². The van der Waals surface area contributed by atoms with Crippen molar-refractivity contribution in [1.29, 1.82) is 0 Å². The molecule has 1 N–H and O–H groups in total. The number of hydrogen-bond acceptors (Lipinski definition) is 6. The minimum atomic E-state index is -0.652. The van der Waals surface area contributed by atoms with Gasteiger partial charge in [0.1, 0.15) is 16.9 Å². The van der Waals surface area contributed by atoms with Gasteiger partial charge in [-0.15, -0.1) is 0 Å². The van der Waals surface area contributed by atoms with Crippen LogP contribution in [0, 0.1) is 0 Å². The number of rotatable bonds is 6. The number of carbonyl (C=O) groups is 1. The van der Waals surface area contributed by atoms with Gasteiger partial charge in [-0.05, 0) is 23.8 Å². The zero-order valence-electron chi connectivity index (χ0n) is 16.2. The number of ketones is 1. The van der Waals surface area contributed by atoms with Gasteiger partial charge in [-0.25, -0.2) is 4.79 Å². The summed E-state index contributed by atoms with van der Waals surface area (Å²) >= 11 is 0. The molecule has 1 saturated heterocycles. The Morgan fingerprint density at radius 3 is 2.45 bits per heavy atom. The first-order valence-electron chi connectivity index (χ1n) is 9.87. The van der Waals surface area contributed by atoms with Crippen LogP contribution < -0.4 is 5.63 Å². The third-order valence-corrected chi connectivity index (χ3v) is 5.39. The number of phenols is 1. The average molecular weight is 392 g/mol. The van der Waals surface area contributed by atoms with Gasteiger partial charge in [0.2, 0.25) is 0 Å². The van der Waals surface area contributed by atoms with Gasteiger partial charge in [-0.2, -0.15) is 0 Å². The molecule has 1 fully saturated rings. The minimum Gasteiger partial charge on any atom is -0.508 e. The zero-order valence-corrected chi connectivity index (χ0v) is 16.2. The van der Waals surface area contributed by atoms with Gasteiger partial charge in [0, 0.05) is 57.1 Å². The quantitative estimate of drug-likeness (QED) is 0.514. The predicted octanol–water partition coefficient (Wildman–Crippen LogP) is 2.89. The van der Waals surface area contributed by atoms with Crippen LogP contribution in [0.4, 0.5) is 0 Å². The zero-order chi connectivity index (χ0) is 20.2. The molecule has 6 heteroatoms. The molecule has 0 unspecified atom stereocenters. The molecule has 150 valence electrons. The highest BCUT2D eigenvalue weighted by molar-refractivity contribution is 5.98. The second-order valence-corrected chi connectivity index (χ2v) is 7.45. The fourth-order valence-corrected chi connectivity index (χ4v) is 3.70. The predicted molar refractivity (Wildman–Crippen MR) is 111 cm³/mol. The molecule has 0 spiro atoms. The fourth-order valence-electron chi connectivity index (χ4n) is 3.70. The Balaban J connectivity index is 1.31. The second-order valence-electron chi connectivity index (χ2n) is 7.45. The number of aromatic hydroxyl groups is 1. The largest absolute Gasteiger partial charge is 0.508 e. The monoisotopic (exact) mass is 392 g/mol. The molecule has 1 aromatic heterocycles. The highest BCUT2D eigenvalue weighted by Crippen LogP contribution is 2.19. The SMILES string of the molecule is O=C(CCN1CCN(Cc2ccccc2)CC1)c1cc2ccc(O)cc2oc1=O. The van der Waals surface area contributed by atoms with Crippen LogP contribution in [-0.2, 0) is 6.54 Å². The lowest BCUT2D eigenvalue weighted by Gasteiger charge is -2.34. The van der Waals surface area contributed by atoms with E-state index in [4.69, 9.17) is 4.42 Å². The van der Waals surface area contributed by atoms with Crippen molar-refractivity contribution in [2.75, 3.05) is 32.7 Å². The molecule has 2 aromatic carbocycles. The van der Waals surface area contributed by atoms with Crippen molar-refractivity contribution < 1.29 is 14.3 Å². The maximum absolute atomic E-state index is 12.6. The van der Waals surface area contributed by atoms with Gasteiger partial charge in [0.15, 0.2) is 5.78 Å². The Labute approximate surface area is 169 Å². The van der Waals surface area contributed by atoms with E-state index in [-0.39, 0.29) is 29.1 Å². The number of piperazine rings is 1. The van der Waals surface area contributed by atoms with E-state index < -0.39 is 5.63 Å². The van der Waals surface area contributed by atoms with Gasteiger partial charge in [0.25, 0.3) is 0 Å². The van der Waals surface area contributed by atoms with Gasteiger partial charge in [-0.3, -0.25) is 9.69 Å². The fraction of sp³-hybridized carbons (Fsp3) is 0.304. The molecule has 3 aromatic rings. The molecule has 2 heterocycles. The lowest BCUT2D eigenvalue weighted by Crippen LogP contribution is -2.46. The van der Waals surface area contributed by atoms with Crippen LogP contribution in [0.3, 0.4) is 0 Å². The summed E-state index contributed by atoms with van der Waals surface area (Å²) in [4.78, 5) is 29.4. The summed E-state index contributed by atoms with van der Waals surface area (Å²) < 4.78 is 5.20. The van der Waals surface area contributed by atoms with E-state index >= 15 is 0 Å². The summed E-state index contributed by atoms with van der Waals surface area (Å²) in [5.74, 6) is -0.188. The van der Waals surface area contributed by atoms with E-state index in [1.54, 1.807) is 12.1 Å². The van der Waals surface area contributed by atoms with Crippen molar-refractivity contribution in [2.45, 2.75) is 13.0 Å². The Bertz CT molecular complexity index is 1050. The first kappa shape index (κ1) is 19.4. The van der Waals surface area contributed by atoms with Crippen molar-refractivity contribution in [1.82, 2.24) is 9.80 Å². The van der Waals surface area contributed by atoms with E-state index in [0.29, 0.717) is 11.9 Å². The van der Waals surface area contributed by atoms with E-state index in [1.165, 1.54) is 17.7 Å². The molecule has 29 heavy (non-hydrogen) atoms. The molecule has 0 bridgehead atoms. The maximum atomic E-state index is 12.6. The number of fused-ring (bicyclic) bond motifs is 1. The molecule has 0 saturated carbocycles. The third kappa shape index (κ3) is 4.72. The van der Waals surface area contributed by atoms with Crippen molar-refractivity contribution in [3.63, 3.8) is 0 Å². The van der Waals surface area contributed by atoms with Crippen molar-refractivity contribution in [3.8, 4) is 5.75 Å². The molecule has 0 radical (unpaired) electrons. The van der Waals surface area contributed by atoms with Gasteiger partial charge in [0.05, 0.1) is 0 Å². The van der Waals surface area contributed by atoms with E-state index in [0.717, 1.165) is 32.7 Å². The van der Waals surface area contributed by atoms with Crippen LogP contribution in [-0.4, -0.2) is 53.4 Å². The van der Waals surface area contributed by atoms with Crippen LogP contribution in [0.25, 0.3) is 11.0 Å². The Morgan fingerprint density at radius 1 is 0.966 bits per heavy atom. The minimum absolute atomic E-state index is 0.0196. The topological polar surface area (TPSA) is 74.0 Å². The summed E-state index contributed by atoms with van der Waals surface area (Å²) in [6.45, 7) is 5.32. The molecule has 0 amide bonds. The van der Waals surface area contributed by atoms with E-state index in [2.05, 4.69) is 34.1 Å². The van der Waals surface area contributed by atoms with Crippen LogP contribution in [0.5, 0.6) is 5.75 Å². The molecule has 6 nitrogen and oxygen atoms in total. The number of phenolic OH excluding ortho intramolecular Hbond substituents is 1. The molecule has 1 aliphatic heterocycles. The van der Waals surface area contributed by atoms with Crippen molar-refractivity contribution in [3.05, 3.63) is 76.1 Å². The lowest BCUT2D eigenvalue weighted by molar-refractivity contribution is 0.0919. The molecule has 0 atom stereocenters. The van der Waals surface area contributed by atoms with E-state index in [9.17, 15) is 14.7 Å².